The molecule has 2 aromatic rings. The minimum Gasteiger partial charge on any atom is -0.289 e. The van der Waals surface area contributed by atoms with Crippen molar-refractivity contribution in [3.8, 4) is 0 Å². The van der Waals surface area contributed by atoms with Crippen LogP contribution in [0.4, 0.5) is 0 Å². The van der Waals surface area contributed by atoms with Crippen LogP contribution in [-0.2, 0) is 4.79 Å². The van der Waals surface area contributed by atoms with Gasteiger partial charge in [-0.2, -0.15) is 0 Å². The van der Waals surface area contributed by atoms with E-state index in [1.807, 2.05) is 72.8 Å². The molecule has 0 amide bonds. The molecule has 0 saturated carbocycles. The zero-order valence-electron chi connectivity index (χ0n) is 15.6. The van der Waals surface area contributed by atoms with E-state index in [4.69, 9.17) is 22.3 Å². The lowest BCUT2D eigenvalue weighted by Gasteiger charge is -2.05. The molecule has 1 aliphatic rings. The first-order valence-electron chi connectivity index (χ1n) is 9.04. The molecule has 0 bridgehead atoms. The van der Waals surface area contributed by atoms with Crippen LogP contribution in [0.5, 0.6) is 0 Å². The number of Topliss-reactive ketones (excluding diaryl/α,β-unsaturated/α-hetero) is 1. The van der Waals surface area contributed by atoms with E-state index in [-0.39, 0.29) is 17.5 Å². The van der Waals surface area contributed by atoms with Gasteiger partial charge in [-0.15, -0.1) is 0 Å². The molecule has 28 heavy (non-hydrogen) atoms. The molecular formula is C23H24N4O+2. The monoisotopic (exact) mass is 372 g/mol. The molecule has 1 aliphatic carbocycles. The Labute approximate surface area is 164 Å². The summed E-state index contributed by atoms with van der Waals surface area (Å²) < 4.78 is 0. The van der Waals surface area contributed by atoms with Crippen molar-refractivity contribution in [2.24, 2.45) is 11.5 Å². The second-order valence-electron chi connectivity index (χ2n) is 6.69. The summed E-state index contributed by atoms with van der Waals surface area (Å²) in [5.74, 6) is 0.575. The summed E-state index contributed by atoms with van der Waals surface area (Å²) in [5.41, 5.74) is 16.0. The Morgan fingerprint density at radius 1 is 0.821 bits per heavy atom. The third kappa shape index (κ3) is 4.51. The largest absolute Gasteiger partial charge is 0.289 e. The Morgan fingerprint density at radius 3 is 1.82 bits per heavy atom. The first-order chi connectivity index (χ1) is 13.4. The van der Waals surface area contributed by atoms with E-state index in [9.17, 15) is 4.79 Å². The number of amidine groups is 2. The summed E-state index contributed by atoms with van der Waals surface area (Å²) >= 11 is 0. The van der Waals surface area contributed by atoms with Crippen molar-refractivity contribution in [1.29, 1.82) is 0 Å². The minimum absolute atomic E-state index is 0.0247. The van der Waals surface area contributed by atoms with Gasteiger partial charge in [0.25, 0.3) is 11.7 Å². The Morgan fingerprint density at radius 2 is 1.32 bits per heavy atom. The fourth-order valence-corrected chi connectivity index (χ4v) is 3.00. The van der Waals surface area contributed by atoms with Crippen molar-refractivity contribution in [1.82, 2.24) is 0 Å². The molecule has 5 heteroatoms. The third-order valence-electron chi connectivity index (χ3n) is 4.58. The normalized spacial score (nSPS) is 16.9. The van der Waals surface area contributed by atoms with E-state index < -0.39 is 0 Å². The molecule has 0 atom stereocenters. The Bertz CT molecular complexity index is 1010. The van der Waals surface area contributed by atoms with E-state index in [0.717, 1.165) is 34.2 Å². The molecule has 0 fully saturated rings. The van der Waals surface area contributed by atoms with Crippen LogP contribution in [0.3, 0.4) is 0 Å². The number of ketones is 1. The summed E-state index contributed by atoms with van der Waals surface area (Å²) in [6, 6.07) is 15.0. The standard InChI is InChI=1S/C23H22N4O/c24-22(25)17-9-5-15(6-10-17)13-19-3-1-2-4-20(21(19)28)14-16-7-11-18(12-8-16)23(26)27/h1,3,5-14H,2,4H2,(H3,24,25)(H3,26,27)/p+2/b19-13-,20-14-. The number of carbonyl (C=O) groups excluding carboxylic acids is 1. The summed E-state index contributed by atoms with van der Waals surface area (Å²) in [5, 5.41) is 11.2. The van der Waals surface area contributed by atoms with Gasteiger partial charge in [-0.1, -0.05) is 36.4 Å². The van der Waals surface area contributed by atoms with E-state index in [1.54, 1.807) is 0 Å². The van der Waals surface area contributed by atoms with E-state index in [2.05, 4.69) is 0 Å². The van der Waals surface area contributed by atoms with Gasteiger partial charge in [0.05, 0.1) is 11.1 Å². The average molecular weight is 372 g/mol. The van der Waals surface area contributed by atoms with Gasteiger partial charge in [-0.05, 0) is 60.4 Å². The quantitative estimate of drug-likeness (QED) is 0.343. The molecular weight excluding hydrogens is 348 g/mol. The van der Waals surface area contributed by atoms with Crippen LogP contribution < -0.4 is 22.3 Å². The van der Waals surface area contributed by atoms with Crippen molar-refractivity contribution in [3.63, 3.8) is 0 Å². The Kier molecular flexibility index (Phi) is 5.65. The highest BCUT2D eigenvalue weighted by atomic mass is 16.1. The Balaban J connectivity index is 1.88. The van der Waals surface area contributed by atoms with Crippen LogP contribution in [-0.4, -0.2) is 17.5 Å². The highest BCUT2D eigenvalue weighted by molar-refractivity contribution is 6.15. The lowest BCUT2D eigenvalue weighted by atomic mass is 9.97. The van der Waals surface area contributed by atoms with Gasteiger partial charge in [-0.25, -0.2) is 0 Å². The first-order valence-corrected chi connectivity index (χ1v) is 9.04. The molecule has 0 spiro atoms. The molecule has 140 valence electrons. The first kappa shape index (κ1) is 19.0. The van der Waals surface area contributed by atoms with Crippen LogP contribution in [0.2, 0.25) is 0 Å². The summed E-state index contributed by atoms with van der Waals surface area (Å²) in [4.78, 5) is 13.0. The maximum absolute atomic E-state index is 13.0. The van der Waals surface area contributed by atoms with E-state index in [1.165, 1.54) is 0 Å². The number of benzene rings is 2. The highest BCUT2D eigenvalue weighted by Crippen LogP contribution is 2.23. The van der Waals surface area contributed by atoms with Crippen molar-refractivity contribution in [3.05, 3.63) is 94.1 Å². The molecule has 2 aromatic carbocycles. The fourth-order valence-electron chi connectivity index (χ4n) is 3.00. The molecule has 3 rings (SSSR count). The fraction of sp³-hybridized carbons (Fsp3) is 0.0870. The van der Waals surface area contributed by atoms with Gasteiger partial charge >= 0.3 is 0 Å². The maximum Gasteiger partial charge on any atom is 0.270 e. The van der Waals surface area contributed by atoms with Gasteiger partial charge in [-0.3, -0.25) is 27.1 Å². The van der Waals surface area contributed by atoms with Crippen molar-refractivity contribution >= 4 is 29.6 Å². The molecule has 0 saturated heterocycles. The second-order valence-corrected chi connectivity index (χ2v) is 6.69. The predicted molar refractivity (Wildman–Crippen MR) is 113 cm³/mol. The van der Waals surface area contributed by atoms with Gasteiger partial charge in [0, 0.05) is 11.1 Å². The number of nitrogens with two attached hydrogens (primary N) is 4. The molecule has 0 heterocycles. The van der Waals surface area contributed by atoms with Crippen LogP contribution in [0.1, 0.15) is 35.1 Å². The van der Waals surface area contributed by atoms with Gasteiger partial charge in [0.1, 0.15) is 0 Å². The minimum atomic E-state index is 0.0247. The van der Waals surface area contributed by atoms with Crippen molar-refractivity contribution in [2.75, 3.05) is 0 Å². The van der Waals surface area contributed by atoms with E-state index in [0.29, 0.717) is 12.0 Å². The van der Waals surface area contributed by atoms with Gasteiger partial charge in [0.2, 0.25) is 0 Å². The smallest absolute Gasteiger partial charge is 0.270 e. The van der Waals surface area contributed by atoms with Crippen molar-refractivity contribution < 1.29 is 15.6 Å². The van der Waals surface area contributed by atoms with Crippen molar-refractivity contribution in [2.45, 2.75) is 12.8 Å². The summed E-state index contributed by atoms with van der Waals surface area (Å²) in [6.07, 6.45) is 9.21. The number of hydrogen-bond acceptors (Lipinski definition) is 1. The van der Waals surface area contributed by atoms with Gasteiger partial charge < -0.3 is 0 Å². The molecule has 0 aliphatic heterocycles. The number of rotatable bonds is 4. The highest BCUT2D eigenvalue weighted by Gasteiger charge is 2.16. The lowest BCUT2D eigenvalue weighted by molar-refractivity contribution is -0.115. The zero-order valence-corrected chi connectivity index (χ0v) is 15.6. The summed E-state index contributed by atoms with van der Waals surface area (Å²) in [6.45, 7) is 0. The average Bonchev–Trinajstić information content (AvgIpc) is 2.85. The predicted octanol–water partition coefficient (Wildman–Crippen LogP) is 0.00150. The number of carbonyl (C=O) groups is 1. The SMILES string of the molecule is NC(=[NH2+])c1ccc(/C=C2/C=CCC/C(=C/c3ccc(C(N)=[NH2+])cc3)C2=O)cc1. The summed E-state index contributed by atoms with van der Waals surface area (Å²) in [7, 11) is 0. The molecule has 5 nitrogen and oxygen atoms in total. The lowest BCUT2D eigenvalue weighted by Crippen LogP contribution is -2.46. The van der Waals surface area contributed by atoms with E-state index >= 15 is 0 Å². The number of allylic oxidation sites excluding steroid dienone is 4. The Hall–Kier alpha value is -3.73. The zero-order chi connectivity index (χ0) is 20.1. The maximum atomic E-state index is 13.0. The molecule has 0 unspecified atom stereocenters. The third-order valence-corrected chi connectivity index (χ3v) is 4.58. The van der Waals surface area contributed by atoms with Crippen LogP contribution in [0, 0.1) is 0 Å². The van der Waals surface area contributed by atoms with Crippen LogP contribution in [0.15, 0.2) is 71.8 Å². The van der Waals surface area contributed by atoms with Gasteiger partial charge in [0.15, 0.2) is 5.78 Å². The molecule has 8 N–H and O–H groups in total. The van der Waals surface area contributed by atoms with Crippen LogP contribution >= 0.6 is 0 Å². The number of hydrogen-bond donors (Lipinski definition) is 4. The molecule has 0 aromatic heterocycles. The second kappa shape index (κ2) is 8.31. The topological polar surface area (TPSA) is 120 Å². The van der Waals surface area contributed by atoms with Crippen LogP contribution in [0.25, 0.3) is 12.2 Å². The molecule has 0 radical (unpaired) electrons.